The molecule has 1 atom stereocenters. The molecule has 0 spiro atoms. The number of carbonyl (C=O) groups excluding carboxylic acids is 1. The number of carbonyl (C=O) groups is 1. The Bertz CT molecular complexity index is 653. The molecule has 7 nitrogen and oxygen atoms in total. The van der Waals surface area contributed by atoms with E-state index in [0.29, 0.717) is 10.9 Å². The van der Waals surface area contributed by atoms with Crippen molar-refractivity contribution in [2.45, 2.75) is 12.2 Å². The van der Waals surface area contributed by atoms with Gasteiger partial charge in [-0.15, -0.1) is 5.10 Å². The van der Waals surface area contributed by atoms with Crippen molar-refractivity contribution in [2.24, 2.45) is 5.10 Å². The summed E-state index contributed by atoms with van der Waals surface area (Å²) in [5.74, 6) is -0.0188. The lowest BCUT2D eigenvalue weighted by molar-refractivity contribution is -0.384. The molecule has 0 saturated carbocycles. The zero-order chi connectivity index (χ0) is 14.3. The van der Waals surface area contributed by atoms with Gasteiger partial charge in [0.2, 0.25) is 5.91 Å². The second-order valence-corrected chi connectivity index (χ2v) is 5.63. The number of hydrazone groups is 1. The van der Waals surface area contributed by atoms with E-state index in [1.54, 1.807) is 18.3 Å². The molecule has 1 aromatic carbocycles. The third-order valence-corrected chi connectivity index (χ3v) is 4.05. The first kappa shape index (κ1) is 12.7. The van der Waals surface area contributed by atoms with Gasteiger partial charge in [0.05, 0.1) is 15.9 Å². The molecule has 3 rings (SSSR count). The van der Waals surface area contributed by atoms with E-state index in [4.69, 9.17) is 0 Å². The molecule has 1 N–H and O–H groups in total. The van der Waals surface area contributed by atoms with Gasteiger partial charge in [-0.05, 0) is 19.1 Å². The summed E-state index contributed by atoms with van der Waals surface area (Å²) in [6.07, 6.45) is 1.67. The first-order valence-corrected chi connectivity index (χ1v) is 6.74. The number of nitro benzene ring substituents is 1. The smallest absolute Gasteiger partial charge is 0.269 e. The van der Waals surface area contributed by atoms with Gasteiger partial charge in [-0.2, -0.15) is 0 Å². The Morgan fingerprint density at radius 3 is 2.75 bits per heavy atom. The number of nitrogens with one attached hydrogen (secondary N) is 1. The van der Waals surface area contributed by atoms with E-state index < -0.39 is 4.92 Å². The first-order chi connectivity index (χ1) is 9.56. The van der Waals surface area contributed by atoms with Crippen molar-refractivity contribution in [3.8, 4) is 0 Å². The number of fused-ring (bicyclic) bond motifs is 1. The third kappa shape index (κ3) is 2.03. The number of nitrogens with zero attached hydrogens (tertiary/aromatic N) is 3. The Kier molecular flexibility index (Phi) is 2.94. The Hall–Kier alpha value is -2.35. The molecule has 0 bridgehead atoms. The van der Waals surface area contributed by atoms with E-state index in [9.17, 15) is 14.9 Å². The van der Waals surface area contributed by atoms with Crippen molar-refractivity contribution in [3.63, 3.8) is 0 Å². The molecule has 1 aromatic rings. The highest BCUT2D eigenvalue weighted by atomic mass is 32.2. The van der Waals surface area contributed by atoms with Gasteiger partial charge in [0, 0.05) is 23.9 Å². The van der Waals surface area contributed by atoms with Crippen molar-refractivity contribution < 1.29 is 9.72 Å². The number of amidine groups is 1. The summed E-state index contributed by atoms with van der Waals surface area (Å²) in [5.41, 5.74) is 4.25. The topological polar surface area (TPSA) is 87.8 Å². The molecule has 0 unspecified atom stereocenters. The van der Waals surface area contributed by atoms with Crippen LogP contribution in [0.25, 0.3) is 5.70 Å². The molecule has 8 heteroatoms. The molecule has 2 aliphatic rings. The number of hydrogen-bond donors (Lipinski definition) is 1. The van der Waals surface area contributed by atoms with Gasteiger partial charge < -0.3 is 0 Å². The summed E-state index contributed by atoms with van der Waals surface area (Å²) in [7, 11) is 0. The van der Waals surface area contributed by atoms with Crippen molar-refractivity contribution in [2.75, 3.05) is 0 Å². The predicted octanol–water partition coefficient (Wildman–Crippen LogP) is 1.73. The lowest BCUT2D eigenvalue weighted by atomic mass is 10.1. The number of hydrogen-bond acceptors (Lipinski definition) is 6. The summed E-state index contributed by atoms with van der Waals surface area (Å²) in [6.45, 7) is 1.83. The molecule has 20 heavy (non-hydrogen) atoms. The molecule has 0 radical (unpaired) electrons. The van der Waals surface area contributed by atoms with Gasteiger partial charge in [0.25, 0.3) is 5.69 Å². The van der Waals surface area contributed by atoms with Crippen LogP contribution < -0.4 is 5.43 Å². The van der Waals surface area contributed by atoms with Crippen LogP contribution in [-0.2, 0) is 4.79 Å². The fourth-order valence-corrected chi connectivity index (χ4v) is 2.81. The molecule has 1 fully saturated rings. The zero-order valence-corrected chi connectivity index (χ0v) is 11.3. The van der Waals surface area contributed by atoms with Gasteiger partial charge in [-0.1, -0.05) is 11.8 Å². The van der Waals surface area contributed by atoms with E-state index >= 15 is 0 Å². The minimum absolute atomic E-state index is 0.0188. The van der Waals surface area contributed by atoms with Crippen molar-refractivity contribution in [1.82, 2.24) is 10.3 Å². The number of non-ortho nitro benzene ring substituents is 1. The molecule has 1 amide bonds. The molecule has 2 heterocycles. The lowest BCUT2D eigenvalue weighted by Crippen LogP contribution is -2.31. The zero-order valence-electron chi connectivity index (χ0n) is 10.4. The minimum Gasteiger partial charge on any atom is -0.274 e. The highest BCUT2D eigenvalue weighted by Gasteiger charge is 2.36. The molecular formula is C12H10N4O3S. The fraction of sp³-hybridized carbons (Fsp3) is 0.167. The van der Waals surface area contributed by atoms with Gasteiger partial charge in [-0.3, -0.25) is 25.2 Å². The van der Waals surface area contributed by atoms with Crippen LogP contribution in [0.4, 0.5) is 5.69 Å². The Balaban J connectivity index is 1.89. The summed E-state index contributed by atoms with van der Waals surface area (Å²) in [5, 5.41) is 15.2. The summed E-state index contributed by atoms with van der Waals surface area (Å²) in [4.78, 5) is 23.6. The molecule has 1 saturated heterocycles. The van der Waals surface area contributed by atoms with Gasteiger partial charge in [0.1, 0.15) is 0 Å². The summed E-state index contributed by atoms with van der Waals surface area (Å²) >= 11 is 1.39. The van der Waals surface area contributed by atoms with Crippen molar-refractivity contribution in [1.29, 1.82) is 0 Å². The van der Waals surface area contributed by atoms with Crippen LogP contribution in [0.3, 0.4) is 0 Å². The van der Waals surface area contributed by atoms with Gasteiger partial charge in [-0.25, -0.2) is 0 Å². The van der Waals surface area contributed by atoms with Crippen LogP contribution in [-0.4, -0.2) is 26.1 Å². The fourth-order valence-electron chi connectivity index (χ4n) is 1.92. The van der Waals surface area contributed by atoms with Gasteiger partial charge >= 0.3 is 0 Å². The lowest BCUT2D eigenvalue weighted by Gasteiger charge is -2.19. The first-order valence-electron chi connectivity index (χ1n) is 5.86. The second kappa shape index (κ2) is 4.64. The summed E-state index contributed by atoms with van der Waals surface area (Å²) in [6, 6.07) is 6.07. The third-order valence-electron chi connectivity index (χ3n) is 2.99. The Morgan fingerprint density at radius 1 is 1.40 bits per heavy atom. The number of amides is 1. The van der Waals surface area contributed by atoms with Crippen LogP contribution in [0, 0.1) is 10.1 Å². The number of rotatable bonds is 2. The quantitative estimate of drug-likeness (QED) is 0.662. The van der Waals surface area contributed by atoms with Crippen LogP contribution in [0.2, 0.25) is 0 Å². The van der Waals surface area contributed by atoms with Crippen LogP contribution in [0.1, 0.15) is 12.5 Å². The molecule has 102 valence electrons. The number of benzene rings is 1. The average Bonchev–Trinajstić information content (AvgIpc) is 2.74. The van der Waals surface area contributed by atoms with Crippen LogP contribution >= 0.6 is 11.8 Å². The number of thioether (sulfide) groups is 1. The Morgan fingerprint density at radius 2 is 2.10 bits per heavy atom. The molecular weight excluding hydrogens is 280 g/mol. The number of nitro groups is 1. The maximum atomic E-state index is 11.9. The van der Waals surface area contributed by atoms with Crippen LogP contribution in [0.5, 0.6) is 0 Å². The SMILES string of the molecule is C[C@@H]1SC2=NNC(c3ccc([N+](=O)[O-])cc3)=CN2C1=O. The van der Waals surface area contributed by atoms with Crippen molar-refractivity contribution >= 4 is 34.2 Å². The maximum Gasteiger partial charge on any atom is 0.269 e. The Labute approximate surface area is 118 Å². The van der Waals surface area contributed by atoms with Gasteiger partial charge in [0.15, 0.2) is 5.17 Å². The van der Waals surface area contributed by atoms with E-state index in [1.165, 1.54) is 28.8 Å². The minimum atomic E-state index is -0.453. The average molecular weight is 290 g/mol. The standard InChI is InChI=1S/C12H10N4O3S/c1-7-11(17)15-6-10(13-14-12(15)20-7)8-2-4-9(5-3-8)16(18)19/h2-7,13H,1H3/t7-/m0/s1. The van der Waals surface area contributed by atoms with E-state index in [2.05, 4.69) is 10.5 Å². The highest BCUT2D eigenvalue weighted by Crippen LogP contribution is 2.30. The van der Waals surface area contributed by atoms with Crippen molar-refractivity contribution in [3.05, 3.63) is 46.1 Å². The van der Waals surface area contributed by atoms with E-state index in [0.717, 1.165) is 5.56 Å². The molecule has 0 aliphatic carbocycles. The summed E-state index contributed by atoms with van der Waals surface area (Å²) < 4.78 is 0. The maximum absolute atomic E-state index is 11.9. The van der Waals surface area contributed by atoms with Crippen LogP contribution in [0.15, 0.2) is 35.6 Å². The molecule has 2 aliphatic heterocycles. The van der Waals surface area contributed by atoms with E-state index in [-0.39, 0.29) is 16.8 Å². The molecule has 0 aromatic heterocycles. The normalized spacial score (nSPS) is 20.9. The van der Waals surface area contributed by atoms with E-state index in [1.807, 2.05) is 6.92 Å². The predicted molar refractivity (Wildman–Crippen MR) is 75.5 cm³/mol. The highest BCUT2D eigenvalue weighted by molar-refractivity contribution is 8.15. The second-order valence-electron chi connectivity index (χ2n) is 4.32. The largest absolute Gasteiger partial charge is 0.274 e. The monoisotopic (exact) mass is 290 g/mol.